The fourth-order valence-corrected chi connectivity index (χ4v) is 3.72. The van der Waals surface area contributed by atoms with E-state index in [0.29, 0.717) is 23.1 Å². The first-order valence-electron chi connectivity index (χ1n) is 10.4. The number of furan rings is 1. The minimum absolute atomic E-state index is 0. The zero-order chi connectivity index (χ0) is 22.2. The fraction of sp³-hybridized carbons (Fsp3) is 0.0370. The van der Waals surface area contributed by atoms with Crippen LogP contribution in [0, 0.1) is 18.8 Å². The molecule has 0 bridgehead atoms. The molecule has 0 fully saturated rings. The van der Waals surface area contributed by atoms with Crippen LogP contribution in [-0.2, 0) is 21.1 Å². The Morgan fingerprint density at radius 3 is 2.50 bits per heavy atom. The summed E-state index contributed by atoms with van der Waals surface area (Å²) >= 11 is 0. The third-order valence-electron chi connectivity index (χ3n) is 5.21. The number of rotatable bonds is 5. The standard InChI is InChI=1S/C27H18N3O3.Pt/c1-29-13-14-30(18-29)19-15-24(27-22-9-2-3-10-23(22)33-25(27)16-19)31-20-7-6-8-21(17-20)32-26-11-4-5-12-28-26;/h2-14,16,18H,1H3;/q-3;. The Morgan fingerprint density at radius 1 is 0.882 bits per heavy atom. The molecule has 1 aliphatic heterocycles. The van der Waals surface area contributed by atoms with E-state index in [1.54, 1.807) is 12.3 Å². The molecular weight excluding hydrogens is 609 g/mol. The van der Waals surface area contributed by atoms with Crippen molar-refractivity contribution in [2.75, 3.05) is 11.9 Å². The van der Waals surface area contributed by atoms with E-state index < -0.39 is 0 Å². The van der Waals surface area contributed by atoms with Gasteiger partial charge in [-0.3, -0.25) is 0 Å². The Bertz CT molecular complexity index is 1480. The first-order valence-corrected chi connectivity index (χ1v) is 10.4. The fourth-order valence-electron chi connectivity index (χ4n) is 3.72. The zero-order valence-electron chi connectivity index (χ0n) is 18.0. The quantitative estimate of drug-likeness (QED) is 0.207. The summed E-state index contributed by atoms with van der Waals surface area (Å²) in [4.78, 5) is 8.12. The van der Waals surface area contributed by atoms with Crippen molar-refractivity contribution >= 4 is 27.6 Å². The van der Waals surface area contributed by atoms with Gasteiger partial charge in [-0.1, -0.05) is 36.0 Å². The number of hydrogen-bond donors (Lipinski definition) is 0. The van der Waals surface area contributed by atoms with Crippen LogP contribution in [-0.4, -0.2) is 16.9 Å². The van der Waals surface area contributed by atoms with Crippen molar-refractivity contribution in [3.8, 4) is 23.1 Å². The molecule has 0 saturated heterocycles. The summed E-state index contributed by atoms with van der Waals surface area (Å²) in [5, 5.41) is 1.82. The van der Waals surface area contributed by atoms with Crippen LogP contribution in [0.15, 0.2) is 89.7 Å². The number of para-hydroxylation sites is 1. The van der Waals surface area contributed by atoms with Gasteiger partial charge in [0.05, 0.1) is 0 Å². The molecule has 7 heteroatoms. The number of benzene rings is 3. The number of nitrogens with zero attached hydrogens (tertiary/aromatic N) is 3. The Hall–Kier alpha value is -3.76. The molecule has 172 valence electrons. The summed E-state index contributed by atoms with van der Waals surface area (Å²) < 4.78 is 18.3. The molecule has 0 aliphatic carbocycles. The molecule has 2 aromatic heterocycles. The van der Waals surface area contributed by atoms with E-state index in [9.17, 15) is 0 Å². The predicted octanol–water partition coefficient (Wildman–Crippen LogP) is 6.51. The van der Waals surface area contributed by atoms with Gasteiger partial charge in [-0.15, -0.1) is 24.3 Å². The molecule has 34 heavy (non-hydrogen) atoms. The Labute approximate surface area is 211 Å². The van der Waals surface area contributed by atoms with Crippen LogP contribution in [0.3, 0.4) is 0 Å². The van der Waals surface area contributed by atoms with Gasteiger partial charge in [-0.2, -0.15) is 12.7 Å². The van der Waals surface area contributed by atoms with Crippen molar-refractivity contribution < 1.29 is 35.0 Å². The predicted molar refractivity (Wildman–Crippen MR) is 126 cm³/mol. The molecule has 0 spiro atoms. The van der Waals surface area contributed by atoms with Crippen molar-refractivity contribution in [3.05, 3.63) is 104 Å². The van der Waals surface area contributed by atoms with Gasteiger partial charge >= 0.3 is 0 Å². The minimum Gasteiger partial charge on any atom is -0.510 e. The van der Waals surface area contributed by atoms with Crippen molar-refractivity contribution in [3.63, 3.8) is 0 Å². The first-order chi connectivity index (χ1) is 16.2. The maximum atomic E-state index is 6.31. The van der Waals surface area contributed by atoms with E-state index in [-0.39, 0.29) is 21.1 Å². The third-order valence-corrected chi connectivity index (χ3v) is 5.21. The molecule has 3 heterocycles. The number of anilines is 1. The third kappa shape index (κ3) is 4.25. The van der Waals surface area contributed by atoms with Gasteiger partial charge in [0, 0.05) is 56.2 Å². The minimum atomic E-state index is 0. The summed E-state index contributed by atoms with van der Waals surface area (Å²) in [5.74, 6) is 2.05. The summed E-state index contributed by atoms with van der Waals surface area (Å²) in [7, 11) is 1.97. The van der Waals surface area contributed by atoms with Crippen LogP contribution < -0.4 is 14.4 Å². The van der Waals surface area contributed by atoms with E-state index in [4.69, 9.17) is 13.9 Å². The largest absolute Gasteiger partial charge is 0.510 e. The van der Waals surface area contributed by atoms with Crippen molar-refractivity contribution in [1.29, 1.82) is 0 Å². The first kappa shape index (κ1) is 22.1. The second-order valence-electron chi connectivity index (χ2n) is 7.56. The molecule has 5 aromatic rings. The van der Waals surface area contributed by atoms with Gasteiger partial charge in [0.25, 0.3) is 0 Å². The molecule has 1 aliphatic rings. The number of hydrogen-bond acceptors (Lipinski definition) is 6. The van der Waals surface area contributed by atoms with Crippen molar-refractivity contribution in [2.45, 2.75) is 0 Å². The van der Waals surface area contributed by atoms with Gasteiger partial charge in [0.15, 0.2) is 0 Å². The number of fused-ring (bicyclic) bond motifs is 3. The van der Waals surface area contributed by atoms with Gasteiger partial charge in [0.2, 0.25) is 5.88 Å². The maximum Gasteiger partial charge on any atom is 0.216 e. The Morgan fingerprint density at radius 2 is 1.71 bits per heavy atom. The summed E-state index contributed by atoms with van der Waals surface area (Å²) in [6.07, 6.45) is 5.60. The normalized spacial score (nSPS) is 12.9. The summed E-state index contributed by atoms with van der Waals surface area (Å²) in [6.45, 7) is 1.96. The smallest absolute Gasteiger partial charge is 0.216 e. The average Bonchev–Trinajstić information content (AvgIpc) is 3.43. The van der Waals surface area contributed by atoms with E-state index >= 15 is 0 Å². The van der Waals surface area contributed by atoms with E-state index in [1.165, 1.54) is 0 Å². The monoisotopic (exact) mass is 627 g/mol. The second-order valence-corrected chi connectivity index (χ2v) is 7.56. The Balaban J connectivity index is 0.00000241. The second kappa shape index (κ2) is 9.24. The van der Waals surface area contributed by atoms with E-state index in [2.05, 4.69) is 17.1 Å². The van der Waals surface area contributed by atoms with Crippen LogP contribution in [0.5, 0.6) is 23.1 Å². The summed E-state index contributed by atoms with van der Waals surface area (Å²) in [5.41, 5.74) is 2.31. The molecule has 3 aromatic carbocycles. The van der Waals surface area contributed by atoms with Crippen LogP contribution in [0.2, 0.25) is 0 Å². The number of pyridine rings is 1. The number of ether oxygens (including phenoxy) is 2. The molecular formula is C27H18N3O3Pt-3. The van der Waals surface area contributed by atoms with Crippen LogP contribution >= 0.6 is 0 Å². The maximum absolute atomic E-state index is 6.31. The topological polar surface area (TPSA) is 51.0 Å². The molecule has 0 unspecified atom stereocenters. The van der Waals surface area contributed by atoms with Gasteiger partial charge in [-0.25, -0.2) is 4.98 Å². The van der Waals surface area contributed by atoms with E-state index in [0.717, 1.165) is 27.6 Å². The van der Waals surface area contributed by atoms with Crippen molar-refractivity contribution in [2.24, 2.45) is 0 Å². The van der Waals surface area contributed by atoms with Crippen LogP contribution in [0.4, 0.5) is 5.69 Å². The molecule has 6 rings (SSSR count). The van der Waals surface area contributed by atoms with Crippen LogP contribution in [0.1, 0.15) is 0 Å². The van der Waals surface area contributed by atoms with Crippen LogP contribution in [0.25, 0.3) is 21.9 Å². The summed E-state index contributed by atoms with van der Waals surface area (Å²) in [6, 6.07) is 27.4. The molecule has 0 saturated carbocycles. The van der Waals surface area contributed by atoms with Gasteiger partial charge in [-0.05, 0) is 42.4 Å². The SMILES string of the molecule is CN1C=CN(c2[c-]c(Oc3[c-]c(Oc4ccccn4)ccc3)c3c(c2)oc2ccccc23)[CH-]1.[Pt]. The molecule has 0 atom stereocenters. The zero-order valence-corrected chi connectivity index (χ0v) is 20.3. The Kier molecular flexibility index (Phi) is 5.99. The van der Waals surface area contributed by atoms with E-state index in [1.807, 2.05) is 96.6 Å². The molecule has 0 N–H and O–H groups in total. The van der Waals surface area contributed by atoms with Gasteiger partial charge in [0.1, 0.15) is 5.58 Å². The van der Waals surface area contributed by atoms with Gasteiger partial charge < -0.3 is 23.7 Å². The average molecular weight is 628 g/mol. The molecule has 0 radical (unpaired) electrons. The van der Waals surface area contributed by atoms with Crippen molar-refractivity contribution in [1.82, 2.24) is 9.88 Å². The number of aromatic nitrogens is 1. The molecule has 0 amide bonds. The molecule has 6 nitrogen and oxygen atoms in total.